The number of hydrogen-bond donors (Lipinski definition) is 2. The fraction of sp³-hybridized carbons (Fsp3) is 0.130. The molecule has 4 rings (SSSR count). The second-order valence-corrected chi connectivity index (χ2v) is 10.3. The van der Waals surface area contributed by atoms with Crippen LogP contribution in [-0.4, -0.2) is 24.7 Å². The smallest absolute Gasteiger partial charge is 0.411 e. The van der Waals surface area contributed by atoms with Crippen LogP contribution in [0.2, 0.25) is 0 Å². The number of amides is 2. The first-order valence-corrected chi connectivity index (χ1v) is 12.2. The number of thiophene rings is 1. The van der Waals surface area contributed by atoms with Gasteiger partial charge in [0, 0.05) is 23.7 Å². The Morgan fingerprint density at radius 2 is 1.79 bits per heavy atom. The summed E-state index contributed by atoms with van der Waals surface area (Å²) >= 11 is 1.35. The van der Waals surface area contributed by atoms with Crippen molar-refractivity contribution in [3.63, 3.8) is 0 Å². The molecule has 10 heteroatoms. The molecule has 2 N–H and O–H groups in total. The van der Waals surface area contributed by atoms with E-state index in [0.29, 0.717) is 10.7 Å². The average molecular weight is 484 g/mol. The number of rotatable bonds is 7. The zero-order chi connectivity index (χ0) is 23.4. The Morgan fingerprint density at radius 1 is 1.06 bits per heavy atom. The van der Waals surface area contributed by atoms with Crippen LogP contribution in [0.1, 0.15) is 16.0 Å². The van der Waals surface area contributed by atoms with Gasteiger partial charge in [0.25, 0.3) is 0 Å². The minimum atomic E-state index is -3.72. The van der Waals surface area contributed by atoms with Gasteiger partial charge in [0.1, 0.15) is 6.61 Å². The first kappa shape index (κ1) is 22.7. The zero-order valence-electron chi connectivity index (χ0n) is 17.5. The summed E-state index contributed by atoms with van der Waals surface area (Å²) in [5.41, 5.74) is 2.15. The van der Waals surface area contributed by atoms with E-state index >= 15 is 0 Å². The lowest BCUT2D eigenvalue weighted by molar-refractivity contribution is -0.111. The maximum atomic E-state index is 13.0. The third kappa shape index (κ3) is 5.30. The molecular formula is C23H21N3O5S2. The number of carbonyl (C=O) groups is 2. The van der Waals surface area contributed by atoms with Gasteiger partial charge in [-0.05, 0) is 47.5 Å². The van der Waals surface area contributed by atoms with E-state index in [1.165, 1.54) is 46.0 Å². The molecule has 1 aliphatic heterocycles. The number of fused-ring (bicyclic) bond motifs is 1. The van der Waals surface area contributed by atoms with E-state index in [-0.39, 0.29) is 30.5 Å². The molecular weight excluding hydrogens is 462 g/mol. The van der Waals surface area contributed by atoms with Crippen molar-refractivity contribution in [2.24, 2.45) is 0 Å². The van der Waals surface area contributed by atoms with Gasteiger partial charge >= 0.3 is 6.09 Å². The van der Waals surface area contributed by atoms with Gasteiger partial charge in [-0.1, -0.05) is 36.9 Å². The SMILES string of the molecule is C=CC(=O)Nc1cc2c(s1)CN(S(=O)(=O)c1ccc(NC(=O)OCc3ccccc3)cc1)C2. The normalized spacial score (nSPS) is 13.2. The Labute approximate surface area is 195 Å². The second-order valence-electron chi connectivity index (χ2n) is 7.24. The van der Waals surface area contributed by atoms with Crippen LogP contribution < -0.4 is 10.6 Å². The monoisotopic (exact) mass is 483 g/mol. The largest absolute Gasteiger partial charge is 0.444 e. The van der Waals surface area contributed by atoms with Gasteiger partial charge in [-0.3, -0.25) is 10.1 Å². The molecule has 0 radical (unpaired) electrons. The standard InChI is InChI=1S/C23H21N3O5S2/c1-2-21(27)25-22-12-17-13-26(14-20(17)32-22)33(29,30)19-10-8-18(9-11-19)24-23(28)31-15-16-6-4-3-5-7-16/h2-12H,1,13-15H2,(H,24,28)(H,25,27). The first-order valence-electron chi connectivity index (χ1n) is 9.98. The number of hydrogen-bond acceptors (Lipinski definition) is 6. The van der Waals surface area contributed by atoms with Crippen LogP contribution >= 0.6 is 11.3 Å². The zero-order valence-corrected chi connectivity index (χ0v) is 19.1. The van der Waals surface area contributed by atoms with E-state index in [9.17, 15) is 18.0 Å². The quantitative estimate of drug-likeness (QED) is 0.487. The van der Waals surface area contributed by atoms with Crippen LogP contribution in [0.3, 0.4) is 0 Å². The van der Waals surface area contributed by atoms with E-state index in [2.05, 4.69) is 17.2 Å². The minimum absolute atomic E-state index is 0.126. The Balaban J connectivity index is 1.35. The van der Waals surface area contributed by atoms with Crippen molar-refractivity contribution in [1.82, 2.24) is 4.31 Å². The molecule has 3 aromatic rings. The average Bonchev–Trinajstić information content (AvgIpc) is 3.38. The maximum absolute atomic E-state index is 13.0. The highest BCUT2D eigenvalue weighted by Crippen LogP contribution is 2.37. The van der Waals surface area contributed by atoms with E-state index in [0.717, 1.165) is 16.0 Å². The Morgan fingerprint density at radius 3 is 2.45 bits per heavy atom. The molecule has 33 heavy (non-hydrogen) atoms. The molecule has 8 nitrogen and oxygen atoms in total. The summed E-state index contributed by atoms with van der Waals surface area (Å²) in [4.78, 5) is 24.5. The Kier molecular flexibility index (Phi) is 6.59. The summed E-state index contributed by atoms with van der Waals surface area (Å²) in [6.45, 7) is 4.01. The highest BCUT2D eigenvalue weighted by Gasteiger charge is 2.32. The summed E-state index contributed by atoms with van der Waals surface area (Å²) in [6.07, 6.45) is 0.557. The molecule has 0 atom stereocenters. The molecule has 2 aromatic carbocycles. The number of nitrogens with one attached hydrogen (secondary N) is 2. The molecule has 0 spiro atoms. The summed E-state index contributed by atoms with van der Waals surface area (Å²) in [7, 11) is -3.72. The van der Waals surface area contributed by atoms with E-state index < -0.39 is 16.1 Å². The van der Waals surface area contributed by atoms with Crippen LogP contribution in [0, 0.1) is 0 Å². The third-order valence-electron chi connectivity index (χ3n) is 4.95. The van der Waals surface area contributed by atoms with Gasteiger partial charge in [-0.2, -0.15) is 4.31 Å². The number of sulfonamides is 1. The van der Waals surface area contributed by atoms with Gasteiger partial charge in [0.05, 0.1) is 9.90 Å². The predicted octanol–water partition coefficient (Wildman–Crippen LogP) is 4.33. The fourth-order valence-corrected chi connectivity index (χ4v) is 5.84. The van der Waals surface area contributed by atoms with Crippen molar-refractivity contribution in [3.8, 4) is 0 Å². The van der Waals surface area contributed by atoms with E-state index in [4.69, 9.17) is 4.74 Å². The topological polar surface area (TPSA) is 105 Å². The molecule has 0 unspecified atom stereocenters. The Bertz CT molecular complexity index is 1260. The summed E-state index contributed by atoms with van der Waals surface area (Å²) in [5, 5.41) is 5.95. The lowest BCUT2D eigenvalue weighted by Crippen LogP contribution is -2.25. The van der Waals surface area contributed by atoms with Gasteiger partial charge < -0.3 is 10.1 Å². The van der Waals surface area contributed by atoms with Gasteiger partial charge in [0.2, 0.25) is 15.9 Å². The minimum Gasteiger partial charge on any atom is -0.444 e. The number of ether oxygens (including phenoxy) is 1. The first-order chi connectivity index (χ1) is 15.8. The van der Waals surface area contributed by atoms with Crippen molar-refractivity contribution < 1.29 is 22.7 Å². The highest BCUT2D eigenvalue weighted by molar-refractivity contribution is 7.89. The number of nitrogens with zero attached hydrogens (tertiary/aromatic N) is 1. The van der Waals surface area contributed by atoms with E-state index in [1.807, 2.05) is 30.3 Å². The molecule has 2 amide bonds. The second kappa shape index (κ2) is 9.57. The van der Waals surface area contributed by atoms with Gasteiger partial charge in [-0.15, -0.1) is 11.3 Å². The molecule has 0 saturated carbocycles. The van der Waals surface area contributed by atoms with Gasteiger partial charge in [-0.25, -0.2) is 13.2 Å². The van der Waals surface area contributed by atoms with Crippen molar-refractivity contribution in [1.29, 1.82) is 0 Å². The molecule has 1 aromatic heterocycles. The number of carbonyl (C=O) groups excluding carboxylic acids is 2. The molecule has 0 bridgehead atoms. The van der Waals surface area contributed by atoms with Crippen LogP contribution in [0.25, 0.3) is 0 Å². The lowest BCUT2D eigenvalue weighted by Gasteiger charge is -2.16. The van der Waals surface area contributed by atoms with Gasteiger partial charge in [0.15, 0.2) is 0 Å². The summed E-state index contributed by atoms with van der Waals surface area (Å²) in [5.74, 6) is -0.308. The van der Waals surface area contributed by atoms with Crippen LogP contribution in [0.5, 0.6) is 0 Å². The molecule has 170 valence electrons. The highest BCUT2D eigenvalue weighted by atomic mass is 32.2. The van der Waals surface area contributed by atoms with Crippen molar-refractivity contribution >= 4 is 44.0 Å². The molecule has 0 fully saturated rings. The molecule has 1 aliphatic rings. The van der Waals surface area contributed by atoms with Crippen LogP contribution in [-0.2, 0) is 39.3 Å². The van der Waals surface area contributed by atoms with Crippen molar-refractivity contribution in [2.75, 3.05) is 10.6 Å². The predicted molar refractivity (Wildman–Crippen MR) is 126 cm³/mol. The maximum Gasteiger partial charge on any atom is 0.411 e. The van der Waals surface area contributed by atoms with Crippen molar-refractivity contribution in [2.45, 2.75) is 24.6 Å². The van der Waals surface area contributed by atoms with E-state index in [1.54, 1.807) is 6.07 Å². The Hall–Kier alpha value is -3.47. The summed E-state index contributed by atoms with van der Waals surface area (Å²) in [6, 6.07) is 17.0. The fourth-order valence-electron chi connectivity index (χ4n) is 3.28. The van der Waals surface area contributed by atoms with Crippen molar-refractivity contribution in [3.05, 3.63) is 89.3 Å². The van der Waals surface area contributed by atoms with Crippen LogP contribution in [0.4, 0.5) is 15.5 Å². The molecule has 2 heterocycles. The van der Waals surface area contributed by atoms with Crippen LogP contribution in [0.15, 0.2) is 78.2 Å². The third-order valence-corrected chi connectivity index (χ3v) is 7.83. The number of anilines is 2. The number of benzene rings is 2. The lowest BCUT2D eigenvalue weighted by atomic mass is 10.2. The summed E-state index contributed by atoms with van der Waals surface area (Å²) < 4.78 is 32.6. The molecule has 0 aliphatic carbocycles. The molecule has 0 saturated heterocycles.